The summed E-state index contributed by atoms with van der Waals surface area (Å²) >= 11 is 0. The number of halogens is 1. The lowest BCUT2D eigenvalue weighted by atomic mass is 10.00. The van der Waals surface area contributed by atoms with E-state index in [1.54, 1.807) is 24.3 Å². The highest BCUT2D eigenvalue weighted by Gasteiger charge is 2.23. The Labute approximate surface area is 193 Å². The van der Waals surface area contributed by atoms with Crippen molar-refractivity contribution in [3.05, 3.63) is 105 Å². The average molecular weight is 465 g/mol. The van der Waals surface area contributed by atoms with Crippen LogP contribution in [0.2, 0.25) is 0 Å². The predicted molar refractivity (Wildman–Crippen MR) is 121 cm³/mol. The first kappa shape index (κ1) is 24.1. The van der Waals surface area contributed by atoms with Crippen LogP contribution in [0.4, 0.5) is 20.6 Å². The van der Waals surface area contributed by atoms with Crippen LogP contribution in [-0.4, -0.2) is 28.7 Å². The molecule has 0 aliphatic rings. The molecule has 1 atom stereocenters. The van der Waals surface area contributed by atoms with Gasteiger partial charge in [-0.3, -0.25) is 19.7 Å². The SMILES string of the molecule is C[C@@H](NC(=O)OCc1ccccc1)C(=O)Nc1ccc([N+](=O)[O-])cc1C(=O)c1ccccc1F. The molecule has 2 N–H and O–H groups in total. The van der Waals surface area contributed by atoms with Crippen molar-refractivity contribution in [3.8, 4) is 0 Å². The van der Waals surface area contributed by atoms with Crippen molar-refractivity contribution < 1.29 is 28.4 Å². The van der Waals surface area contributed by atoms with Gasteiger partial charge in [0.2, 0.25) is 5.91 Å². The smallest absolute Gasteiger partial charge is 0.408 e. The quantitative estimate of drug-likeness (QED) is 0.291. The molecule has 0 radical (unpaired) electrons. The number of nitro groups is 1. The van der Waals surface area contributed by atoms with Crippen LogP contribution in [0, 0.1) is 15.9 Å². The zero-order valence-electron chi connectivity index (χ0n) is 18.0. The molecule has 3 aromatic carbocycles. The van der Waals surface area contributed by atoms with E-state index in [1.165, 1.54) is 31.2 Å². The number of nitrogens with zero attached hydrogens (tertiary/aromatic N) is 1. The van der Waals surface area contributed by atoms with Gasteiger partial charge in [-0.2, -0.15) is 0 Å². The van der Waals surface area contributed by atoms with E-state index in [-0.39, 0.29) is 23.4 Å². The Kier molecular flexibility index (Phi) is 7.65. The van der Waals surface area contributed by atoms with Gasteiger partial charge in [0.1, 0.15) is 18.5 Å². The third-order valence-corrected chi connectivity index (χ3v) is 4.78. The first-order valence-electron chi connectivity index (χ1n) is 10.1. The van der Waals surface area contributed by atoms with Gasteiger partial charge >= 0.3 is 6.09 Å². The maximum Gasteiger partial charge on any atom is 0.408 e. The molecule has 2 amide bonds. The number of ketones is 1. The Hall–Kier alpha value is -4.60. The Balaban J connectivity index is 1.74. The lowest BCUT2D eigenvalue weighted by Gasteiger charge is -2.16. The maximum absolute atomic E-state index is 14.1. The van der Waals surface area contributed by atoms with Crippen LogP contribution < -0.4 is 10.6 Å². The molecule has 0 saturated heterocycles. The monoisotopic (exact) mass is 465 g/mol. The second-order valence-corrected chi connectivity index (χ2v) is 7.21. The number of alkyl carbamates (subject to hydrolysis) is 1. The van der Waals surface area contributed by atoms with Crippen molar-refractivity contribution in [2.75, 3.05) is 5.32 Å². The standard InChI is InChI=1S/C24H20FN3O6/c1-15(26-24(31)34-14-16-7-3-2-4-8-16)23(30)27-21-12-11-17(28(32)33)13-19(21)22(29)18-9-5-6-10-20(18)25/h2-13,15H,14H2,1H3,(H,26,31)(H,27,30)/t15-/m1/s1. The van der Waals surface area contributed by atoms with Gasteiger partial charge in [0.05, 0.1) is 21.7 Å². The van der Waals surface area contributed by atoms with Crippen molar-refractivity contribution in [1.82, 2.24) is 5.32 Å². The fraction of sp³-hybridized carbons (Fsp3) is 0.125. The molecule has 34 heavy (non-hydrogen) atoms. The molecular weight excluding hydrogens is 445 g/mol. The van der Waals surface area contributed by atoms with Gasteiger partial charge in [0.25, 0.3) is 5.69 Å². The van der Waals surface area contributed by atoms with Crippen LogP contribution in [0.1, 0.15) is 28.4 Å². The number of benzene rings is 3. The van der Waals surface area contributed by atoms with Gasteiger partial charge in [-0.05, 0) is 30.7 Å². The molecule has 0 heterocycles. The zero-order chi connectivity index (χ0) is 24.7. The second-order valence-electron chi connectivity index (χ2n) is 7.21. The van der Waals surface area contributed by atoms with Crippen molar-refractivity contribution >= 4 is 29.2 Å². The van der Waals surface area contributed by atoms with Gasteiger partial charge in [0.15, 0.2) is 5.78 Å². The summed E-state index contributed by atoms with van der Waals surface area (Å²) in [6.45, 7) is 1.40. The summed E-state index contributed by atoms with van der Waals surface area (Å²) in [5, 5.41) is 16.0. The van der Waals surface area contributed by atoms with E-state index >= 15 is 0 Å². The third kappa shape index (κ3) is 6.00. The van der Waals surface area contributed by atoms with Crippen LogP contribution in [0.25, 0.3) is 0 Å². The van der Waals surface area contributed by atoms with E-state index < -0.39 is 40.3 Å². The number of amides is 2. The minimum Gasteiger partial charge on any atom is -0.445 e. The second kappa shape index (κ2) is 10.8. The molecule has 0 bridgehead atoms. The number of nitro benzene ring substituents is 1. The highest BCUT2D eigenvalue weighted by Crippen LogP contribution is 2.26. The van der Waals surface area contributed by atoms with Crippen molar-refractivity contribution in [1.29, 1.82) is 0 Å². The summed E-state index contributed by atoms with van der Waals surface area (Å²) in [5.41, 5.74) is -0.305. The van der Waals surface area contributed by atoms with Crippen LogP contribution in [0.5, 0.6) is 0 Å². The molecule has 0 fully saturated rings. The summed E-state index contributed by atoms with van der Waals surface area (Å²) in [6, 6.07) is 16.2. The van der Waals surface area contributed by atoms with Gasteiger partial charge < -0.3 is 15.4 Å². The zero-order valence-corrected chi connectivity index (χ0v) is 18.0. The fourth-order valence-electron chi connectivity index (χ4n) is 2.98. The number of non-ortho nitro benzene ring substituents is 1. The normalized spacial score (nSPS) is 11.2. The minimum absolute atomic E-state index is 0.00462. The molecular formula is C24H20FN3O6. The lowest BCUT2D eigenvalue weighted by molar-refractivity contribution is -0.384. The minimum atomic E-state index is -1.07. The molecule has 174 valence electrons. The Morgan fingerprint density at radius 1 is 1.00 bits per heavy atom. The number of rotatable bonds is 8. The Morgan fingerprint density at radius 2 is 1.68 bits per heavy atom. The number of nitrogens with one attached hydrogen (secondary N) is 2. The molecule has 0 aliphatic heterocycles. The third-order valence-electron chi connectivity index (χ3n) is 4.78. The van der Waals surface area contributed by atoms with Gasteiger partial charge in [-0.15, -0.1) is 0 Å². The molecule has 3 aromatic rings. The number of ether oxygens (including phenoxy) is 1. The number of hydrogen-bond acceptors (Lipinski definition) is 6. The number of carbonyl (C=O) groups is 3. The van der Waals surface area contributed by atoms with E-state index in [1.807, 2.05) is 6.07 Å². The summed E-state index contributed by atoms with van der Waals surface area (Å²) < 4.78 is 19.2. The van der Waals surface area contributed by atoms with Crippen molar-refractivity contribution in [2.24, 2.45) is 0 Å². The van der Waals surface area contributed by atoms with E-state index in [0.29, 0.717) is 0 Å². The predicted octanol–water partition coefficient (Wildman–Crippen LogP) is 4.22. The lowest BCUT2D eigenvalue weighted by Crippen LogP contribution is -2.42. The van der Waals surface area contributed by atoms with E-state index in [2.05, 4.69) is 10.6 Å². The van der Waals surface area contributed by atoms with E-state index in [4.69, 9.17) is 4.74 Å². The molecule has 3 rings (SSSR count). The number of hydrogen-bond donors (Lipinski definition) is 2. The van der Waals surface area contributed by atoms with Crippen molar-refractivity contribution in [3.63, 3.8) is 0 Å². The summed E-state index contributed by atoms with van der Waals surface area (Å²) in [7, 11) is 0. The highest BCUT2D eigenvalue weighted by molar-refractivity contribution is 6.14. The Bertz CT molecular complexity index is 1230. The molecule has 0 aliphatic carbocycles. The van der Waals surface area contributed by atoms with Crippen LogP contribution >= 0.6 is 0 Å². The fourth-order valence-corrected chi connectivity index (χ4v) is 2.98. The Morgan fingerprint density at radius 3 is 2.35 bits per heavy atom. The summed E-state index contributed by atoms with van der Waals surface area (Å²) in [6.07, 6.45) is -0.835. The average Bonchev–Trinajstić information content (AvgIpc) is 2.83. The summed E-state index contributed by atoms with van der Waals surface area (Å²) in [5.74, 6) is -2.37. The topological polar surface area (TPSA) is 128 Å². The number of anilines is 1. The molecule has 0 unspecified atom stereocenters. The largest absolute Gasteiger partial charge is 0.445 e. The molecule has 9 nitrogen and oxygen atoms in total. The highest BCUT2D eigenvalue weighted by atomic mass is 19.1. The number of carbonyl (C=O) groups excluding carboxylic acids is 3. The first-order chi connectivity index (χ1) is 16.3. The molecule has 0 spiro atoms. The summed E-state index contributed by atoms with van der Waals surface area (Å²) in [4.78, 5) is 48.0. The first-order valence-corrected chi connectivity index (χ1v) is 10.1. The van der Waals surface area contributed by atoms with E-state index in [0.717, 1.165) is 23.8 Å². The van der Waals surface area contributed by atoms with Crippen LogP contribution in [0.15, 0.2) is 72.8 Å². The van der Waals surface area contributed by atoms with Crippen LogP contribution in [-0.2, 0) is 16.1 Å². The van der Waals surface area contributed by atoms with Gasteiger partial charge in [-0.25, -0.2) is 9.18 Å². The van der Waals surface area contributed by atoms with Crippen LogP contribution in [0.3, 0.4) is 0 Å². The van der Waals surface area contributed by atoms with Crippen molar-refractivity contribution in [2.45, 2.75) is 19.6 Å². The molecule has 0 aromatic heterocycles. The van der Waals surface area contributed by atoms with E-state index in [9.17, 15) is 28.9 Å². The van der Waals surface area contributed by atoms with Gasteiger partial charge in [0, 0.05) is 12.1 Å². The maximum atomic E-state index is 14.1. The molecule has 0 saturated carbocycles. The molecule has 10 heteroatoms. The van der Waals surface area contributed by atoms with Gasteiger partial charge in [-0.1, -0.05) is 42.5 Å².